The number of aryl methyl sites for hydroxylation is 1. The average Bonchev–Trinajstić information content (AvgIpc) is 2.70. The third-order valence-electron chi connectivity index (χ3n) is 15.6. The number of esters is 1. The van der Waals surface area contributed by atoms with Gasteiger partial charge in [0.05, 0.1) is 66.2 Å². The zero-order valence-corrected chi connectivity index (χ0v) is 51.0. The molecule has 5 atom stereocenters. The van der Waals surface area contributed by atoms with Crippen LogP contribution in [0.3, 0.4) is 0 Å². The van der Waals surface area contributed by atoms with Gasteiger partial charge in [-0.2, -0.15) is 12.7 Å². The summed E-state index contributed by atoms with van der Waals surface area (Å²) >= 11 is 1.55. The van der Waals surface area contributed by atoms with Gasteiger partial charge in [0.15, 0.2) is 5.82 Å². The molecule has 21 nitrogen and oxygen atoms in total. The Labute approximate surface area is 507 Å². The van der Waals surface area contributed by atoms with Crippen molar-refractivity contribution in [2.75, 3.05) is 95.5 Å². The number of alkyl halides is 1. The molecule has 0 aliphatic carbocycles. The second-order valence-corrected chi connectivity index (χ2v) is 25.5. The summed E-state index contributed by atoms with van der Waals surface area (Å²) in [6, 6.07) is 16.8. The first-order valence-electron chi connectivity index (χ1n) is 28.8. The number of rotatable bonds is 25. The monoisotopic (exact) mass is 1240 g/mol. The topological polar surface area (TPSA) is 247 Å². The molecule has 0 radical (unpaired) electrons. The Bertz CT molecular complexity index is 3540. The molecule has 3 saturated heterocycles. The van der Waals surface area contributed by atoms with Gasteiger partial charge in [-0.1, -0.05) is 57.2 Å². The number of benzene rings is 3. The number of H-pyrrole nitrogens is 1. The van der Waals surface area contributed by atoms with Crippen LogP contribution in [0.1, 0.15) is 74.1 Å². The summed E-state index contributed by atoms with van der Waals surface area (Å²) in [6.07, 6.45) is 0.276. The van der Waals surface area contributed by atoms with Crippen LogP contribution < -0.4 is 20.3 Å². The third kappa shape index (κ3) is 15.9. The van der Waals surface area contributed by atoms with E-state index in [2.05, 4.69) is 35.4 Å². The van der Waals surface area contributed by atoms with Gasteiger partial charge in [-0.25, -0.2) is 23.1 Å². The number of likely N-dealkylation sites (tertiary alicyclic amines) is 1. The summed E-state index contributed by atoms with van der Waals surface area (Å²) in [5.41, 5.74) is 4.71. The number of ketones is 1. The molecule has 3 aromatic carbocycles. The minimum Gasteiger partial charge on any atom is -0.460 e. The lowest BCUT2D eigenvalue weighted by Crippen LogP contribution is -2.58. The number of nitrogens with zero attached hydrogens (tertiary/aromatic N) is 6. The van der Waals surface area contributed by atoms with E-state index in [-0.39, 0.29) is 68.7 Å². The Hall–Kier alpha value is -7.33. The Morgan fingerprint density at radius 3 is 2.31 bits per heavy atom. The molecule has 9 rings (SSSR count). The number of aromatic nitrogens is 3. The molecule has 6 aromatic rings. The van der Waals surface area contributed by atoms with E-state index in [4.69, 9.17) is 18.9 Å². The minimum atomic E-state index is -4.39. The molecule has 3 aliphatic rings. The van der Waals surface area contributed by atoms with Crippen LogP contribution in [0.15, 0.2) is 84.6 Å². The summed E-state index contributed by atoms with van der Waals surface area (Å²) in [4.78, 5) is 87.8. The van der Waals surface area contributed by atoms with Crippen molar-refractivity contribution in [2.24, 2.45) is 5.41 Å². The van der Waals surface area contributed by atoms with Gasteiger partial charge in [-0.3, -0.25) is 33.6 Å². The molecule has 0 saturated carbocycles. The highest BCUT2D eigenvalue weighted by Crippen LogP contribution is 2.33. The van der Waals surface area contributed by atoms with Gasteiger partial charge < -0.3 is 44.4 Å². The van der Waals surface area contributed by atoms with E-state index in [1.165, 1.54) is 11.1 Å². The number of nitrogens with one attached hydrogen (secondary N) is 4. The van der Waals surface area contributed by atoms with E-state index in [0.717, 1.165) is 49.4 Å². The molecular weight excluding hydrogens is 1170 g/mol. The number of carbonyl (C=O) groups excluding carboxylic acids is 5. The first-order valence-corrected chi connectivity index (χ1v) is 31.1. The highest BCUT2D eigenvalue weighted by Gasteiger charge is 2.46. The van der Waals surface area contributed by atoms with Crippen molar-refractivity contribution < 1.29 is 64.5 Å². The molecule has 6 heterocycles. The number of halogens is 3. The van der Waals surface area contributed by atoms with Crippen molar-refractivity contribution >= 4 is 73.4 Å². The van der Waals surface area contributed by atoms with E-state index in [1.54, 1.807) is 43.1 Å². The van der Waals surface area contributed by atoms with Gasteiger partial charge in [0, 0.05) is 100 Å². The van der Waals surface area contributed by atoms with E-state index < -0.39 is 105 Å². The first-order chi connectivity index (χ1) is 41.6. The van der Waals surface area contributed by atoms with Crippen LogP contribution in [0.5, 0.6) is 0 Å². The normalized spacial score (nSPS) is 18.4. The van der Waals surface area contributed by atoms with E-state index >= 15 is 8.78 Å². The molecule has 4 N–H and O–H groups in total. The quantitative estimate of drug-likeness (QED) is 0.0261. The molecule has 87 heavy (non-hydrogen) atoms. The maximum absolute atomic E-state index is 15.9. The second kappa shape index (κ2) is 28.2. The van der Waals surface area contributed by atoms with Crippen LogP contribution in [0.2, 0.25) is 0 Å². The number of fused-ring (bicyclic) bond motifs is 1. The molecule has 3 aliphatic heterocycles. The van der Waals surface area contributed by atoms with E-state index in [0.29, 0.717) is 51.5 Å². The molecule has 3 aromatic heterocycles. The van der Waals surface area contributed by atoms with Gasteiger partial charge in [0.1, 0.15) is 42.4 Å². The molecule has 1 unspecified atom stereocenters. The summed E-state index contributed by atoms with van der Waals surface area (Å²) in [7, 11) is -2.84. The van der Waals surface area contributed by atoms with Crippen molar-refractivity contribution in [3.63, 3.8) is 0 Å². The largest absolute Gasteiger partial charge is 0.460 e. The fraction of sp³-hybridized carbons (Fsp3) is 0.459. The smallest absolute Gasteiger partial charge is 0.308 e. The molecule has 3 fully saturated rings. The van der Waals surface area contributed by atoms with Crippen LogP contribution >= 0.6 is 11.3 Å². The number of amides is 3. The summed E-state index contributed by atoms with van der Waals surface area (Å²) in [6.45, 7) is 12.7. The lowest BCUT2D eigenvalue weighted by atomic mass is 9.85. The van der Waals surface area contributed by atoms with Gasteiger partial charge in [-0.15, -0.1) is 11.3 Å². The van der Waals surface area contributed by atoms with Gasteiger partial charge in [-0.05, 0) is 72.7 Å². The number of hydrogen-bond acceptors (Lipinski definition) is 16. The van der Waals surface area contributed by atoms with Crippen molar-refractivity contribution in [1.29, 1.82) is 0 Å². The van der Waals surface area contributed by atoms with Crippen molar-refractivity contribution in [1.82, 2.24) is 39.7 Å². The number of carbonyl (C=O) groups is 5. The second-order valence-electron chi connectivity index (χ2n) is 23.0. The highest BCUT2D eigenvalue weighted by atomic mass is 32.2. The van der Waals surface area contributed by atoms with E-state index in [1.807, 2.05) is 80.9 Å². The zero-order chi connectivity index (χ0) is 62.2. The SMILES string of the molecule is COCCOC(C)CC(=O)O[C@@H]1C[C@@H](C(=O)NCc2ccc(-c3scnc3C)cc2)N(C(=O)[C@@H](NC(=O)COCCN2CCN(c3ccc(-c4cnc5[nH]cc(C(=O)c6c(F)ccc(NS(=O)(=O)N7CC[C@@H](F)C7)c6F)c5c4)cc3)CC2)C(C)(C)C)C1. The molecule has 3 amide bonds. The van der Waals surface area contributed by atoms with Crippen LogP contribution in [0.25, 0.3) is 32.6 Å². The summed E-state index contributed by atoms with van der Waals surface area (Å²) < 4.78 is 95.9. The Morgan fingerprint density at radius 2 is 1.63 bits per heavy atom. The fourth-order valence-corrected chi connectivity index (χ4v) is 12.9. The number of thiazole rings is 1. The predicted octanol–water partition coefficient (Wildman–Crippen LogP) is 6.81. The van der Waals surface area contributed by atoms with Crippen molar-refractivity contribution in [3.05, 3.63) is 119 Å². The van der Waals surface area contributed by atoms with Gasteiger partial charge >= 0.3 is 16.2 Å². The third-order valence-corrected chi connectivity index (χ3v) is 18.1. The number of piperazine rings is 1. The van der Waals surface area contributed by atoms with Crippen molar-refractivity contribution in [2.45, 2.75) is 90.9 Å². The van der Waals surface area contributed by atoms with Crippen LogP contribution in [0, 0.1) is 24.0 Å². The molecule has 26 heteroatoms. The van der Waals surface area contributed by atoms with Crippen LogP contribution in [-0.4, -0.2) is 183 Å². The maximum atomic E-state index is 15.9. The lowest BCUT2D eigenvalue weighted by molar-refractivity contribution is -0.152. The Kier molecular flexibility index (Phi) is 20.8. The standard InChI is InChI=1S/C61H73F3N10O11S2/c1-37(84-26-25-82-6)27-52(76)85-45-29-50(59(78)67-30-39-7-9-41(10-8-39)56-38(2)68-36-86-56)74(34-45)60(79)57(61(3,4)5)69-51(75)35-83-24-23-71-19-21-72(22-20-71)44-13-11-40(12-14-44)42-28-46-47(32-66-58(46)65-31-42)55(77)53-48(63)15-16-49(54(53)64)70-87(80,81)73-18-17-43(62)33-73/h7-16,28,31-32,36-37,43,45,50,57,70H,17-27,29-30,33-35H2,1-6H3,(H,65,66)(H,67,78)(H,69,75)/t37?,43-,45-,50+,57-/m1/s1. The number of methoxy groups -OCH3 is 1. The first kappa shape index (κ1) is 64.2. The van der Waals surface area contributed by atoms with Crippen LogP contribution in [0.4, 0.5) is 24.5 Å². The van der Waals surface area contributed by atoms with Crippen LogP contribution in [-0.2, 0) is 54.9 Å². The summed E-state index contributed by atoms with van der Waals surface area (Å²) in [5.74, 6) is -5.61. The number of aromatic amines is 1. The zero-order valence-electron chi connectivity index (χ0n) is 49.4. The number of ether oxygens (including phenoxy) is 4. The summed E-state index contributed by atoms with van der Waals surface area (Å²) in [5, 5.41) is 6.14. The van der Waals surface area contributed by atoms with Gasteiger partial charge in [0.2, 0.25) is 23.5 Å². The van der Waals surface area contributed by atoms with E-state index in [9.17, 15) is 36.8 Å². The number of pyridine rings is 1. The predicted molar refractivity (Wildman–Crippen MR) is 322 cm³/mol. The Morgan fingerprint density at radius 1 is 0.897 bits per heavy atom. The molecular formula is C61H73F3N10O11S2. The molecule has 466 valence electrons. The molecule has 0 bridgehead atoms. The fourth-order valence-electron chi connectivity index (χ4n) is 10.8. The molecule has 0 spiro atoms. The highest BCUT2D eigenvalue weighted by molar-refractivity contribution is 7.90. The van der Waals surface area contributed by atoms with Gasteiger partial charge in [0.25, 0.3) is 0 Å². The lowest BCUT2D eigenvalue weighted by Gasteiger charge is -2.36. The average molecular weight is 1240 g/mol. The Balaban J connectivity index is 0.759. The maximum Gasteiger partial charge on any atom is 0.308 e. The van der Waals surface area contributed by atoms with Crippen molar-refractivity contribution in [3.8, 4) is 21.6 Å². The minimum absolute atomic E-state index is 0.0174. The number of hydrogen-bond donors (Lipinski definition) is 4. The number of anilines is 2.